The maximum absolute atomic E-state index is 12.4. The van der Waals surface area contributed by atoms with Crippen molar-refractivity contribution in [1.82, 2.24) is 15.8 Å². The highest BCUT2D eigenvalue weighted by molar-refractivity contribution is 6.08. The van der Waals surface area contributed by atoms with Gasteiger partial charge in [-0.3, -0.25) is 15.0 Å². The Labute approximate surface area is 117 Å². The molecule has 3 rings (SSSR count). The van der Waals surface area contributed by atoms with Crippen molar-refractivity contribution in [2.75, 3.05) is 6.61 Å². The van der Waals surface area contributed by atoms with E-state index in [4.69, 9.17) is 4.74 Å². The Kier molecular flexibility index (Phi) is 3.37. The van der Waals surface area contributed by atoms with E-state index in [9.17, 15) is 14.4 Å². The monoisotopic (exact) mass is 281 g/mol. The second-order valence-corrected chi connectivity index (χ2v) is 5.69. The zero-order chi connectivity index (χ0) is 14.2. The highest BCUT2D eigenvalue weighted by atomic mass is 16.5. The molecule has 0 unspecified atom stereocenters. The summed E-state index contributed by atoms with van der Waals surface area (Å²) in [5, 5.41) is 3.58. The number of hydrogen-bond acceptors (Lipinski definition) is 4. The van der Waals surface area contributed by atoms with Gasteiger partial charge in [0.2, 0.25) is 0 Å². The minimum atomic E-state index is -0.806. The first kappa shape index (κ1) is 13.4. The number of amides is 4. The van der Waals surface area contributed by atoms with Crippen molar-refractivity contribution in [1.29, 1.82) is 0 Å². The molecule has 0 bridgehead atoms. The summed E-state index contributed by atoms with van der Waals surface area (Å²) in [5.74, 6) is -0.757. The summed E-state index contributed by atoms with van der Waals surface area (Å²) in [5.41, 5.74) is 1.59. The van der Waals surface area contributed by atoms with Crippen LogP contribution in [0.3, 0.4) is 0 Å². The van der Waals surface area contributed by atoms with E-state index in [2.05, 4.69) is 10.7 Å². The van der Waals surface area contributed by atoms with E-state index >= 15 is 0 Å². The lowest BCUT2D eigenvalue weighted by molar-refractivity contribution is -0.143. The molecule has 3 aliphatic rings. The summed E-state index contributed by atoms with van der Waals surface area (Å²) in [6, 6.07) is -0.539. The topological polar surface area (TPSA) is 87.7 Å². The Balaban J connectivity index is 1.68. The summed E-state index contributed by atoms with van der Waals surface area (Å²) >= 11 is 0. The lowest BCUT2D eigenvalue weighted by atomic mass is 9.82. The van der Waals surface area contributed by atoms with Crippen LogP contribution in [-0.2, 0) is 14.3 Å². The van der Waals surface area contributed by atoms with Gasteiger partial charge in [0, 0.05) is 6.61 Å². The average Bonchev–Trinajstić information content (AvgIpc) is 3.04. The lowest BCUT2D eigenvalue weighted by Crippen LogP contribution is -2.52. The molecule has 0 radical (unpaired) electrons. The third kappa shape index (κ3) is 2.15. The molecule has 2 aliphatic heterocycles. The molecule has 20 heavy (non-hydrogen) atoms. The molecule has 2 N–H and O–H groups in total. The number of hydrazine groups is 1. The number of carbonyl (C=O) groups excluding carboxylic acids is 3. The smallest absolute Gasteiger partial charge is 0.344 e. The predicted molar refractivity (Wildman–Crippen MR) is 68.3 cm³/mol. The number of hydrogen-bond donors (Lipinski definition) is 2. The van der Waals surface area contributed by atoms with E-state index in [-0.39, 0.29) is 5.91 Å². The van der Waals surface area contributed by atoms with Gasteiger partial charge < -0.3 is 10.1 Å². The summed E-state index contributed by atoms with van der Waals surface area (Å²) in [4.78, 5) is 36.3. The third-order valence-corrected chi connectivity index (χ3v) is 4.31. The van der Waals surface area contributed by atoms with Gasteiger partial charge >= 0.3 is 6.03 Å². The van der Waals surface area contributed by atoms with Gasteiger partial charge in [-0.2, -0.15) is 5.01 Å². The van der Waals surface area contributed by atoms with E-state index in [1.807, 2.05) is 0 Å². The van der Waals surface area contributed by atoms with E-state index < -0.39 is 23.6 Å². The largest absolute Gasteiger partial charge is 0.368 e. The number of nitrogens with zero attached hydrogens (tertiary/aromatic N) is 1. The van der Waals surface area contributed by atoms with Crippen LogP contribution in [0.1, 0.15) is 44.9 Å². The Morgan fingerprint density at radius 1 is 1.25 bits per heavy atom. The molecule has 1 spiro atoms. The number of rotatable bonds is 2. The number of nitrogens with one attached hydrogen (secondary N) is 2. The molecule has 1 aliphatic carbocycles. The van der Waals surface area contributed by atoms with E-state index in [1.165, 1.54) is 0 Å². The number of carbonyl (C=O) groups is 3. The van der Waals surface area contributed by atoms with Crippen LogP contribution < -0.4 is 10.7 Å². The molecule has 7 nitrogen and oxygen atoms in total. The second kappa shape index (κ2) is 5.05. The molecule has 0 aromatic carbocycles. The second-order valence-electron chi connectivity index (χ2n) is 5.69. The fraction of sp³-hybridized carbons (Fsp3) is 0.769. The number of ether oxygens (including phenoxy) is 1. The Morgan fingerprint density at radius 2 is 2.00 bits per heavy atom. The first-order valence-corrected chi connectivity index (χ1v) is 7.21. The summed E-state index contributed by atoms with van der Waals surface area (Å²) in [7, 11) is 0. The van der Waals surface area contributed by atoms with Crippen molar-refractivity contribution in [2.24, 2.45) is 0 Å². The van der Waals surface area contributed by atoms with Crippen molar-refractivity contribution < 1.29 is 19.1 Å². The summed E-state index contributed by atoms with van der Waals surface area (Å²) < 4.78 is 5.25. The molecule has 7 heteroatoms. The molecule has 3 fully saturated rings. The minimum absolute atomic E-state index is 0.339. The van der Waals surface area contributed by atoms with Crippen LogP contribution in [0, 0.1) is 0 Å². The number of imide groups is 1. The molecule has 110 valence electrons. The Hall–Kier alpha value is -1.63. The summed E-state index contributed by atoms with van der Waals surface area (Å²) in [6.45, 7) is 0.544. The average molecular weight is 281 g/mol. The van der Waals surface area contributed by atoms with Gasteiger partial charge in [-0.05, 0) is 25.7 Å². The van der Waals surface area contributed by atoms with Crippen LogP contribution in [-0.4, -0.2) is 41.1 Å². The molecular weight excluding hydrogens is 262 g/mol. The highest BCUT2D eigenvalue weighted by Gasteiger charge is 2.52. The molecule has 2 heterocycles. The van der Waals surface area contributed by atoms with Crippen molar-refractivity contribution in [3.05, 3.63) is 0 Å². The zero-order valence-corrected chi connectivity index (χ0v) is 11.3. The first-order valence-electron chi connectivity index (χ1n) is 7.21. The maximum atomic E-state index is 12.4. The van der Waals surface area contributed by atoms with Gasteiger partial charge in [-0.25, -0.2) is 4.79 Å². The normalized spacial score (nSPS) is 28.8. The Morgan fingerprint density at radius 3 is 2.65 bits per heavy atom. The van der Waals surface area contributed by atoms with E-state index in [0.29, 0.717) is 25.9 Å². The van der Waals surface area contributed by atoms with Crippen LogP contribution in [0.5, 0.6) is 0 Å². The van der Waals surface area contributed by atoms with Crippen molar-refractivity contribution in [2.45, 2.75) is 56.6 Å². The molecular formula is C13H19N3O4. The lowest BCUT2D eigenvalue weighted by Gasteiger charge is -2.30. The van der Waals surface area contributed by atoms with Crippen LogP contribution >= 0.6 is 0 Å². The standard InChI is InChI=1S/C13H19N3O4/c17-10(9-5-4-8-20-9)15-16-11(18)13(14-12(16)19)6-2-1-3-7-13/h9H,1-8H2,(H,14,19)(H,15,17)/t9-/m0/s1. The van der Waals surface area contributed by atoms with Gasteiger partial charge in [0.1, 0.15) is 11.6 Å². The van der Waals surface area contributed by atoms with Crippen LogP contribution in [0.4, 0.5) is 4.79 Å². The SMILES string of the molecule is O=C(NN1C(=O)NC2(CCCCC2)C1=O)[C@@H]1CCCO1. The van der Waals surface area contributed by atoms with Crippen molar-refractivity contribution in [3.63, 3.8) is 0 Å². The highest BCUT2D eigenvalue weighted by Crippen LogP contribution is 2.33. The fourth-order valence-electron chi connectivity index (χ4n) is 3.18. The quantitative estimate of drug-likeness (QED) is 0.719. The molecule has 0 aromatic rings. The van der Waals surface area contributed by atoms with Gasteiger partial charge in [-0.15, -0.1) is 0 Å². The van der Waals surface area contributed by atoms with Crippen LogP contribution in [0.25, 0.3) is 0 Å². The van der Waals surface area contributed by atoms with Gasteiger partial charge in [-0.1, -0.05) is 19.3 Å². The maximum Gasteiger partial charge on any atom is 0.344 e. The fourth-order valence-corrected chi connectivity index (χ4v) is 3.18. The molecule has 0 aromatic heterocycles. The van der Waals surface area contributed by atoms with Crippen LogP contribution in [0.2, 0.25) is 0 Å². The molecule has 1 atom stereocenters. The van der Waals surface area contributed by atoms with Gasteiger partial charge in [0.25, 0.3) is 11.8 Å². The van der Waals surface area contributed by atoms with Gasteiger partial charge in [0.05, 0.1) is 0 Å². The number of urea groups is 1. The third-order valence-electron chi connectivity index (χ3n) is 4.31. The first-order chi connectivity index (χ1) is 9.62. The zero-order valence-electron chi connectivity index (χ0n) is 11.3. The molecule has 1 saturated carbocycles. The van der Waals surface area contributed by atoms with Crippen molar-refractivity contribution in [3.8, 4) is 0 Å². The van der Waals surface area contributed by atoms with E-state index in [0.717, 1.165) is 30.7 Å². The Bertz CT molecular complexity index is 439. The van der Waals surface area contributed by atoms with Gasteiger partial charge in [0.15, 0.2) is 0 Å². The van der Waals surface area contributed by atoms with E-state index in [1.54, 1.807) is 0 Å². The summed E-state index contributed by atoms with van der Waals surface area (Å²) in [6.07, 6.45) is 5.08. The van der Waals surface area contributed by atoms with Crippen LogP contribution in [0.15, 0.2) is 0 Å². The predicted octanol–water partition coefficient (Wildman–Crippen LogP) is 0.451. The molecule has 2 saturated heterocycles. The minimum Gasteiger partial charge on any atom is -0.368 e. The molecule has 4 amide bonds. The van der Waals surface area contributed by atoms with Crippen molar-refractivity contribution >= 4 is 17.8 Å².